The molecule has 6 nitrogen and oxygen atoms in total. The van der Waals surface area contributed by atoms with Gasteiger partial charge in [0.1, 0.15) is 0 Å². The summed E-state index contributed by atoms with van der Waals surface area (Å²) in [7, 11) is -3.12. The van der Waals surface area contributed by atoms with E-state index in [9.17, 15) is 18.0 Å². The zero-order valence-corrected chi connectivity index (χ0v) is 10.7. The van der Waals surface area contributed by atoms with Gasteiger partial charge in [0.25, 0.3) is 0 Å². The molecule has 2 heterocycles. The van der Waals surface area contributed by atoms with Crippen molar-refractivity contribution in [1.82, 2.24) is 4.57 Å². The molecule has 3 rings (SSSR count). The van der Waals surface area contributed by atoms with Crippen LogP contribution in [0.5, 0.6) is 0 Å². The van der Waals surface area contributed by atoms with Crippen LogP contribution in [0.4, 0.5) is 0 Å². The predicted octanol–water partition coefficient (Wildman–Crippen LogP) is 0.314. The van der Waals surface area contributed by atoms with Gasteiger partial charge in [0.05, 0.1) is 28.5 Å². The van der Waals surface area contributed by atoms with Crippen LogP contribution in [0.25, 0.3) is 10.9 Å². The lowest BCUT2D eigenvalue weighted by atomic mass is 10.2. The van der Waals surface area contributed by atoms with Crippen LogP contribution < -0.4 is 11.4 Å². The second-order valence-electron chi connectivity index (χ2n) is 4.60. The van der Waals surface area contributed by atoms with Crippen molar-refractivity contribution in [1.29, 1.82) is 0 Å². The Labute approximate surface area is 108 Å². The number of hydrogen-bond acceptors (Lipinski definition) is 5. The van der Waals surface area contributed by atoms with Crippen LogP contribution in [-0.4, -0.2) is 24.5 Å². The fraction of sp³-hybridized carbons (Fsp3) is 0.333. The van der Waals surface area contributed by atoms with E-state index in [-0.39, 0.29) is 16.9 Å². The Morgan fingerprint density at radius 1 is 1.21 bits per heavy atom. The molecule has 1 aromatic carbocycles. The van der Waals surface area contributed by atoms with Gasteiger partial charge in [0, 0.05) is 0 Å². The lowest BCUT2D eigenvalue weighted by Crippen LogP contribution is -2.29. The van der Waals surface area contributed by atoms with Gasteiger partial charge in [0.2, 0.25) is 0 Å². The maximum atomic E-state index is 11.9. The third-order valence-electron chi connectivity index (χ3n) is 3.33. The number of nitrogens with zero attached hydrogens (tertiary/aromatic N) is 1. The van der Waals surface area contributed by atoms with Gasteiger partial charge in [-0.3, -0.25) is 4.57 Å². The summed E-state index contributed by atoms with van der Waals surface area (Å²) in [4.78, 5) is 23.4. The highest BCUT2D eigenvalue weighted by atomic mass is 32.2. The molecule has 19 heavy (non-hydrogen) atoms. The summed E-state index contributed by atoms with van der Waals surface area (Å²) in [6, 6.07) is 6.08. The summed E-state index contributed by atoms with van der Waals surface area (Å²) in [5, 5.41) is 0.284. The molecule has 0 aliphatic carbocycles. The average molecular weight is 281 g/mol. The quantitative estimate of drug-likeness (QED) is 0.751. The van der Waals surface area contributed by atoms with Crippen LogP contribution in [-0.2, 0) is 9.84 Å². The van der Waals surface area contributed by atoms with Crippen LogP contribution in [0, 0.1) is 0 Å². The molecule has 0 spiro atoms. The molecule has 0 amide bonds. The van der Waals surface area contributed by atoms with Gasteiger partial charge >= 0.3 is 11.4 Å². The minimum atomic E-state index is -3.12. The Hall–Kier alpha value is -1.89. The summed E-state index contributed by atoms with van der Waals surface area (Å²) < 4.78 is 29.0. The second kappa shape index (κ2) is 4.06. The van der Waals surface area contributed by atoms with Crippen LogP contribution >= 0.6 is 0 Å². The first-order valence-corrected chi connectivity index (χ1v) is 7.65. The van der Waals surface area contributed by atoms with Gasteiger partial charge in [0.15, 0.2) is 9.84 Å². The molecule has 2 aromatic rings. The maximum Gasteiger partial charge on any atom is 0.422 e. The average Bonchev–Trinajstić information content (AvgIpc) is 2.69. The third kappa shape index (κ3) is 1.99. The van der Waals surface area contributed by atoms with Crippen LogP contribution in [0.1, 0.15) is 12.5 Å². The summed E-state index contributed by atoms with van der Waals surface area (Å²) >= 11 is 0. The number of fused-ring (bicyclic) bond motifs is 1. The summed E-state index contributed by atoms with van der Waals surface area (Å²) in [5.41, 5.74) is -0.274. The van der Waals surface area contributed by atoms with Crippen molar-refractivity contribution in [3.8, 4) is 0 Å². The smallest absolute Gasteiger partial charge is 0.372 e. The second-order valence-corrected chi connectivity index (χ2v) is 6.83. The largest absolute Gasteiger partial charge is 0.422 e. The normalized spacial score (nSPS) is 21.8. The monoisotopic (exact) mass is 281 g/mol. The van der Waals surface area contributed by atoms with E-state index in [1.807, 2.05) is 0 Å². The summed E-state index contributed by atoms with van der Waals surface area (Å²) in [5.74, 6) is -0.840. The topological polar surface area (TPSA) is 86.3 Å². The minimum Gasteiger partial charge on any atom is -0.372 e. The standard InChI is InChI=1S/C12H11NO5S/c14-11-9-3-1-2-4-10(9)13(12(15)18-11)8-5-6-19(16,17)7-8/h1-4,8H,5-7H2. The molecule has 1 aliphatic heterocycles. The molecule has 100 valence electrons. The van der Waals surface area contributed by atoms with E-state index < -0.39 is 27.3 Å². The molecular weight excluding hydrogens is 270 g/mol. The SMILES string of the molecule is O=c1oc(=O)n(C2CCS(=O)(=O)C2)c2ccccc12. The molecule has 0 radical (unpaired) electrons. The molecule has 0 bridgehead atoms. The van der Waals surface area contributed by atoms with Crippen LogP contribution in [0.15, 0.2) is 38.3 Å². The van der Waals surface area contributed by atoms with Crippen molar-refractivity contribution in [2.75, 3.05) is 11.5 Å². The number of sulfone groups is 1. The summed E-state index contributed by atoms with van der Waals surface area (Å²) in [6.07, 6.45) is 0.361. The van der Waals surface area contributed by atoms with Gasteiger partial charge in [-0.15, -0.1) is 0 Å². The van der Waals surface area contributed by atoms with Gasteiger partial charge in [-0.05, 0) is 18.6 Å². The van der Waals surface area contributed by atoms with Crippen molar-refractivity contribution in [3.63, 3.8) is 0 Å². The van der Waals surface area contributed by atoms with Gasteiger partial charge in [-0.25, -0.2) is 18.0 Å². The first kappa shape index (κ1) is 12.2. The van der Waals surface area contributed by atoms with Crippen LogP contribution in [0.2, 0.25) is 0 Å². The Kier molecular flexibility index (Phi) is 2.60. The molecule has 0 N–H and O–H groups in total. The number of rotatable bonds is 1. The van der Waals surface area contributed by atoms with Crippen molar-refractivity contribution in [3.05, 3.63) is 45.2 Å². The number of para-hydroxylation sites is 1. The van der Waals surface area contributed by atoms with E-state index in [0.29, 0.717) is 11.9 Å². The van der Waals surface area contributed by atoms with Crippen molar-refractivity contribution in [2.45, 2.75) is 12.5 Å². The lowest BCUT2D eigenvalue weighted by Gasteiger charge is -2.13. The molecular formula is C12H11NO5S. The number of aromatic nitrogens is 1. The number of benzene rings is 1. The van der Waals surface area contributed by atoms with E-state index in [1.54, 1.807) is 24.3 Å². The van der Waals surface area contributed by atoms with Crippen molar-refractivity contribution >= 4 is 20.7 Å². The first-order valence-electron chi connectivity index (χ1n) is 5.83. The lowest BCUT2D eigenvalue weighted by molar-refractivity contribution is 0.391. The number of hydrogen-bond donors (Lipinski definition) is 0. The highest BCUT2D eigenvalue weighted by Gasteiger charge is 2.31. The highest BCUT2D eigenvalue weighted by molar-refractivity contribution is 7.91. The molecule has 1 aliphatic rings. The highest BCUT2D eigenvalue weighted by Crippen LogP contribution is 2.24. The third-order valence-corrected chi connectivity index (χ3v) is 5.08. The van der Waals surface area contributed by atoms with E-state index in [0.717, 1.165) is 0 Å². The van der Waals surface area contributed by atoms with Crippen molar-refractivity contribution in [2.24, 2.45) is 0 Å². The fourth-order valence-corrected chi connectivity index (χ4v) is 4.16. The molecule has 1 atom stereocenters. The molecule has 0 saturated carbocycles. The van der Waals surface area contributed by atoms with Crippen LogP contribution in [0.3, 0.4) is 0 Å². The van der Waals surface area contributed by atoms with Gasteiger partial charge in [-0.2, -0.15) is 0 Å². The molecule has 1 aromatic heterocycles. The van der Waals surface area contributed by atoms with Gasteiger partial charge < -0.3 is 4.42 Å². The van der Waals surface area contributed by atoms with E-state index >= 15 is 0 Å². The van der Waals surface area contributed by atoms with E-state index in [2.05, 4.69) is 4.42 Å². The van der Waals surface area contributed by atoms with E-state index in [4.69, 9.17) is 0 Å². The zero-order valence-electron chi connectivity index (χ0n) is 9.90. The van der Waals surface area contributed by atoms with Gasteiger partial charge in [-0.1, -0.05) is 12.1 Å². The molecule has 1 unspecified atom stereocenters. The first-order chi connectivity index (χ1) is 8.98. The fourth-order valence-electron chi connectivity index (χ4n) is 2.46. The molecule has 1 saturated heterocycles. The summed E-state index contributed by atoms with van der Waals surface area (Å²) in [6.45, 7) is 0. The Balaban J connectivity index is 2.30. The van der Waals surface area contributed by atoms with E-state index in [1.165, 1.54) is 4.57 Å². The van der Waals surface area contributed by atoms with Crippen molar-refractivity contribution < 1.29 is 12.8 Å². The molecule has 1 fully saturated rings. The predicted molar refractivity (Wildman–Crippen MR) is 69.1 cm³/mol. The zero-order chi connectivity index (χ0) is 13.6. The Morgan fingerprint density at radius 3 is 2.63 bits per heavy atom. The Bertz CT molecular complexity index is 862. The molecule has 7 heteroatoms. The Morgan fingerprint density at radius 2 is 1.95 bits per heavy atom. The maximum absolute atomic E-state index is 11.9. The minimum absolute atomic E-state index is 0.0531.